The van der Waals surface area contributed by atoms with Gasteiger partial charge in [-0.25, -0.2) is 0 Å². The Morgan fingerprint density at radius 1 is 1.08 bits per heavy atom. The molecule has 2 nitrogen and oxygen atoms in total. The molecule has 1 unspecified atom stereocenters. The predicted octanol–water partition coefficient (Wildman–Crippen LogP) is 1.99. The van der Waals surface area contributed by atoms with E-state index < -0.39 is 0 Å². The first kappa shape index (κ1) is 11.0. The number of likely N-dealkylation sites (N-methyl/N-ethyl adjacent to an activating group) is 1. The molecule has 13 heavy (non-hydrogen) atoms. The Morgan fingerprint density at radius 2 is 1.54 bits per heavy atom. The highest BCUT2D eigenvalue weighted by Crippen LogP contribution is 2.32. The lowest BCUT2D eigenvalue weighted by Gasteiger charge is -2.43. The Balaban J connectivity index is 2.74. The highest BCUT2D eigenvalue weighted by molar-refractivity contribution is 4.95. The average Bonchev–Trinajstić information content (AvgIpc) is 2.28. The van der Waals surface area contributed by atoms with Crippen molar-refractivity contribution in [2.45, 2.75) is 57.0 Å². The van der Waals surface area contributed by atoms with Gasteiger partial charge in [0.2, 0.25) is 0 Å². The van der Waals surface area contributed by atoms with E-state index in [2.05, 4.69) is 25.9 Å². The largest absolute Gasteiger partial charge is 0.326 e. The fourth-order valence-electron chi connectivity index (χ4n) is 2.65. The summed E-state index contributed by atoms with van der Waals surface area (Å²) in [6.07, 6.45) is 8.03. The zero-order valence-corrected chi connectivity index (χ0v) is 9.34. The van der Waals surface area contributed by atoms with Crippen molar-refractivity contribution in [2.24, 2.45) is 5.73 Å². The van der Waals surface area contributed by atoms with E-state index in [4.69, 9.17) is 5.73 Å². The average molecular weight is 184 g/mol. The third kappa shape index (κ3) is 2.23. The van der Waals surface area contributed by atoms with E-state index in [0.717, 1.165) is 0 Å². The molecule has 1 fully saturated rings. The van der Waals surface area contributed by atoms with Crippen LogP contribution in [0.3, 0.4) is 0 Å². The summed E-state index contributed by atoms with van der Waals surface area (Å²) >= 11 is 0. The predicted molar refractivity (Wildman–Crippen MR) is 57.8 cm³/mol. The van der Waals surface area contributed by atoms with Gasteiger partial charge in [0.05, 0.1) is 0 Å². The molecule has 0 aliphatic heterocycles. The van der Waals surface area contributed by atoms with Crippen LogP contribution in [-0.2, 0) is 0 Å². The van der Waals surface area contributed by atoms with Crippen LogP contribution in [0.25, 0.3) is 0 Å². The minimum atomic E-state index is 0.274. The van der Waals surface area contributed by atoms with E-state index in [1.807, 2.05) is 0 Å². The zero-order chi connectivity index (χ0) is 9.90. The molecule has 0 saturated heterocycles. The molecule has 0 radical (unpaired) electrons. The second kappa shape index (κ2) is 4.43. The molecule has 78 valence electrons. The van der Waals surface area contributed by atoms with Gasteiger partial charge in [-0.2, -0.15) is 0 Å². The zero-order valence-electron chi connectivity index (χ0n) is 9.34. The van der Waals surface area contributed by atoms with Crippen molar-refractivity contribution in [3.05, 3.63) is 0 Å². The summed E-state index contributed by atoms with van der Waals surface area (Å²) in [4.78, 5) is 2.35. The smallest absolute Gasteiger partial charge is 0.0351 e. The van der Waals surface area contributed by atoms with Gasteiger partial charge in [0, 0.05) is 11.6 Å². The Hall–Kier alpha value is -0.0800. The normalized spacial score (nSPS) is 25.6. The standard InChI is InChI=1S/C11H24N2/c1-10(12)11(13(2)3)8-6-4-5-7-9-11/h10H,4-9,12H2,1-3H3. The molecule has 2 heteroatoms. The summed E-state index contributed by atoms with van der Waals surface area (Å²) < 4.78 is 0. The molecular formula is C11H24N2. The van der Waals surface area contributed by atoms with Crippen LogP contribution in [0.15, 0.2) is 0 Å². The molecule has 1 aliphatic rings. The summed E-state index contributed by atoms with van der Waals surface area (Å²) in [5.74, 6) is 0. The van der Waals surface area contributed by atoms with Crippen LogP contribution in [0.1, 0.15) is 45.4 Å². The van der Waals surface area contributed by atoms with E-state index >= 15 is 0 Å². The maximum absolute atomic E-state index is 6.13. The van der Waals surface area contributed by atoms with Crippen LogP contribution in [0.4, 0.5) is 0 Å². The molecule has 2 N–H and O–H groups in total. The van der Waals surface area contributed by atoms with E-state index in [-0.39, 0.29) is 5.54 Å². The molecule has 0 aromatic rings. The molecule has 1 aliphatic carbocycles. The van der Waals surface area contributed by atoms with Crippen LogP contribution < -0.4 is 5.73 Å². The van der Waals surface area contributed by atoms with Gasteiger partial charge in [0.15, 0.2) is 0 Å². The number of hydrogen-bond acceptors (Lipinski definition) is 2. The third-order valence-electron chi connectivity index (χ3n) is 3.71. The minimum absolute atomic E-state index is 0.274. The van der Waals surface area contributed by atoms with Crippen molar-refractivity contribution in [1.29, 1.82) is 0 Å². The summed E-state index contributed by atoms with van der Waals surface area (Å²) in [5, 5.41) is 0. The summed E-state index contributed by atoms with van der Waals surface area (Å²) in [7, 11) is 4.35. The van der Waals surface area contributed by atoms with Crippen molar-refractivity contribution in [2.75, 3.05) is 14.1 Å². The van der Waals surface area contributed by atoms with Crippen LogP contribution >= 0.6 is 0 Å². The maximum Gasteiger partial charge on any atom is 0.0351 e. The van der Waals surface area contributed by atoms with E-state index in [9.17, 15) is 0 Å². The van der Waals surface area contributed by atoms with Gasteiger partial charge in [0.1, 0.15) is 0 Å². The van der Waals surface area contributed by atoms with Gasteiger partial charge in [-0.05, 0) is 33.9 Å². The summed E-state index contributed by atoms with van der Waals surface area (Å²) in [6, 6.07) is 0.292. The van der Waals surface area contributed by atoms with Crippen molar-refractivity contribution in [3.8, 4) is 0 Å². The first-order valence-corrected chi connectivity index (χ1v) is 5.52. The molecule has 1 saturated carbocycles. The number of nitrogens with two attached hydrogens (primary N) is 1. The lowest BCUT2D eigenvalue weighted by atomic mass is 9.83. The van der Waals surface area contributed by atoms with E-state index in [1.54, 1.807) is 0 Å². The van der Waals surface area contributed by atoms with Crippen LogP contribution in [-0.4, -0.2) is 30.6 Å². The fourth-order valence-corrected chi connectivity index (χ4v) is 2.65. The van der Waals surface area contributed by atoms with Crippen molar-refractivity contribution < 1.29 is 0 Å². The summed E-state index contributed by atoms with van der Waals surface area (Å²) in [5.41, 5.74) is 6.41. The highest BCUT2D eigenvalue weighted by atomic mass is 15.2. The monoisotopic (exact) mass is 184 g/mol. The molecule has 0 bridgehead atoms. The minimum Gasteiger partial charge on any atom is -0.326 e. The fraction of sp³-hybridized carbons (Fsp3) is 1.00. The van der Waals surface area contributed by atoms with E-state index in [0.29, 0.717) is 6.04 Å². The van der Waals surface area contributed by atoms with Crippen LogP contribution in [0, 0.1) is 0 Å². The number of rotatable bonds is 2. The SMILES string of the molecule is CC(N)C1(N(C)C)CCCCCC1. The van der Waals surface area contributed by atoms with Crippen molar-refractivity contribution in [1.82, 2.24) is 4.90 Å². The van der Waals surface area contributed by atoms with Gasteiger partial charge in [-0.15, -0.1) is 0 Å². The topological polar surface area (TPSA) is 29.3 Å². The second-order valence-corrected chi connectivity index (χ2v) is 4.70. The lowest BCUT2D eigenvalue weighted by Crippen LogP contribution is -2.55. The Kier molecular flexibility index (Phi) is 3.74. The molecule has 0 spiro atoms. The number of nitrogens with zero attached hydrogens (tertiary/aromatic N) is 1. The Labute approximate surface area is 82.5 Å². The Bertz CT molecular complexity index is 134. The van der Waals surface area contributed by atoms with E-state index in [1.165, 1.54) is 38.5 Å². The summed E-state index contributed by atoms with van der Waals surface area (Å²) in [6.45, 7) is 2.16. The molecular weight excluding hydrogens is 160 g/mol. The maximum atomic E-state index is 6.13. The molecule has 0 aromatic heterocycles. The van der Waals surface area contributed by atoms with Crippen molar-refractivity contribution >= 4 is 0 Å². The van der Waals surface area contributed by atoms with Gasteiger partial charge in [-0.1, -0.05) is 25.7 Å². The first-order valence-electron chi connectivity index (χ1n) is 5.52. The van der Waals surface area contributed by atoms with Gasteiger partial charge >= 0.3 is 0 Å². The quantitative estimate of drug-likeness (QED) is 0.665. The second-order valence-electron chi connectivity index (χ2n) is 4.70. The first-order chi connectivity index (χ1) is 6.09. The van der Waals surface area contributed by atoms with Crippen LogP contribution in [0.2, 0.25) is 0 Å². The van der Waals surface area contributed by atoms with Crippen LogP contribution in [0.5, 0.6) is 0 Å². The molecule has 0 amide bonds. The number of hydrogen-bond donors (Lipinski definition) is 1. The third-order valence-corrected chi connectivity index (χ3v) is 3.71. The van der Waals surface area contributed by atoms with Gasteiger partial charge in [0.25, 0.3) is 0 Å². The van der Waals surface area contributed by atoms with Gasteiger partial charge < -0.3 is 10.6 Å². The Morgan fingerprint density at radius 3 is 1.85 bits per heavy atom. The molecule has 1 rings (SSSR count). The molecule has 0 aromatic carbocycles. The highest BCUT2D eigenvalue weighted by Gasteiger charge is 2.36. The van der Waals surface area contributed by atoms with Gasteiger partial charge in [-0.3, -0.25) is 0 Å². The molecule has 1 atom stereocenters. The van der Waals surface area contributed by atoms with Crippen molar-refractivity contribution in [3.63, 3.8) is 0 Å². The lowest BCUT2D eigenvalue weighted by molar-refractivity contribution is 0.104. The molecule has 0 heterocycles.